The number of nitrogens with one attached hydrogen (secondary N) is 2. The van der Waals surface area contributed by atoms with Crippen LogP contribution in [0.1, 0.15) is 57.1 Å². The van der Waals surface area contributed by atoms with Crippen molar-refractivity contribution in [3.8, 4) is 11.5 Å². The molecule has 0 saturated carbocycles. The van der Waals surface area contributed by atoms with Gasteiger partial charge in [0.2, 0.25) is 10.0 Å². The smallest absolute Gasteiger partial charge is 0.407 e. The predicted molar refractivity (Wildman–Crippen MR) is 219 cm³/mol. The Labute approximate surface area is 328 Å². The maximum absolute atomic E-state index is 13.6. The van der Waals surface area contributed by atoms with E-state index in [1.54, 1.807) is 26.4 Å². The third kappa shape index (κ3) is 15.0. The summed E-state index contributed by atoms with van der Waals surface area (Å²) in [5, 5.41) is 6.36. The highest BCUT2D eigenvalue weighted by Crippen LogP contribution is 2.29. The predicted octanol–water partition coefficient (Wildman–Crippen LogP) is 6.93. The van der Waals surface area contributed by atoms with Crippen LogP contribution in [0.3, 0.4) is 0 Å². The minimum absolute atomic E-state index is 0.0639. The lowest BCUT2D eigenvalue weighted by molar-refractivity contribution is 0.0872. The van der Waals surface area contributed by atoms with Crippen LogP contribution >= 0.6 is 0 Å². The van der Waals surface area contributed by atoms with E-state index in [1.165, 1.54) is 27.6 Å². The summed E-state index contributed by atoms with van der Waals surface area (Å²) in [6.45, 7) is 6.77. The number of rotatable bonds is 24. The van der Waals surface area contributed by atoms with E-state index in [0.29, 0.717) is 51.2 Å². The Morgan fingerprint density at radius 3 is 2.40 bits per heavy atom. The second kappa shape index (κ2) is 22.9. The molecule has 0 heterocycles. The summed E-state index contributed by atoms with van der Waals surface area (Å²) < 4.78 is 51.1. The van der Waals surface area contributed by atoms with Gasteiger partial charge >= 0.3 is 6.09 Å². The van der Waals surface area contributed by atoms with Crippen LogP contribution in [0.4, 0.5) is 10.5 Å². The number of alkyl carbamates (subject to hydrolysis) is 1. The van der Waals surface area contributed by atoms with Gasteiger partial charge in [-0.3, -0.25) is 0 Å². The van der Waals surface area contributed by atoms with Crippen LogP contribution in [0.5, 0.6) is 11.5 Å². The summed E-state index contributed by atoms with van der Waals surface area (Å²) in [5.74, 6) is 1.61. The highest BCUT2D eigenvalue weighted by Gasteiger charge is 2.27. The number of carbonyl (C=O) groups is 1. The second-order valence-electron chi connectivity index (χ2n) is 14.2. The fourth-order valence-corrected chi connectivity index (χ4v) is 8.06. The van der Waals surface area contributed by atoms with Gasteiger partial charge in [-0.25, -0.2) is 13.2 Å². The van der Waals surface area contributed by atoms with E-state index >= 15 is 0 Å². The molecule has 300 valence electrons. The SMILES string of the molecule is COc1ccc(CCCC2=CC(OCCNCCCOC(=O)N[C@H](CCN(CC(C)C)S(=O)(=O)c3ccc(N)cc3)Cc3ccccc3)CC=C2)cc1OC. The van der Waals surface area contributed by atoms with Gasteiger partial charge in [0.15, 0.2) is 11.5 Å². The molecular weight excluding hydrogens is 717 g/mol. The molecule has 0 aromatic heterocycles. The van der Waals surface area contributed by atoms with Crippen LogP contribution in [-0.2, 0) is 32.3 Å². The number of nitrogen functional groups attached to an aromatic ring is 1. The van der Waals surface area contributed by atoms with Crippen LogP contribution < -0.4 is 25.8 Å². The Balaban J connectivity index is 1.15. The third-order valence-electron chi connectivity index (χ3n) is 9.28. The summed E-state index contributed by atoms with van der Waals surface area (Å²) in [5.41, 5.74) is 9.86. The van der Waals surface area contributed by atoms with E-state index in [4.69, 9.17) is 24.7 Å². The van der Waals surface area contributed by atoms with Crippen LogP contribution in [0.15, 0.2) is 101 Å². The van der Waals surface area contributed by atoms with Crippen molar-refractivity contribution < 1.29 is 32.2 Å². The van der Waals surface area contributed by atoms with Crippen molar-refractivity contribution >= 4 is 21.8 Å². The summed E-state index contributed by atoms with van der Waals surface area (Å²) in [6, 6.07) is 21.8. The topological polar surface area (TPSA) is 141 Å². The number of sulfonamides is 1. The first-order valence-corrected chi connectivity index (χ1v) is 20.7. The largest absolute Gasteiger partial charge is 0.493 e. The molecule has 0 saturated heterocycles. The average molecular weight is 777 g/mol. The molecule has 0 fully saturated rings. The molecule has 2 atom stereocenters. The summed E-state index contributed by atoms with van der Waals surface area (Å²) in [7, 11) is -0.455. The number of anilines is 1. The molecule has 12 heteroatoms. The van der Waals surface area contributed by atoms with E-state index in [9.17, 15) is 13.2 Å². The van der Waals surface area contributed by atoms with E-state index < -0.39 is 16.1 Å². The number of aryl methyl sites for hydroxylation is 1. The highest BCUT2D eigenvalue weighted by atomic mass is 32.2. The number of carbonyl (C=O) groups excluding carboxylic acids is 1. The molecule has 4 rings (SSSR count). The molecule has 0 spiro atoms. The van der Waals surface area contributed by atoms with Gasteiger partial charge in [0.25, 0.3) is 0 Å². The van der Waals surface area contributed by atoms with E-state index in [-0.39, 0.29) is 36.1 Å². The number of amides is 1. The van der Waals surface area contributed by atoms with E-state index in [1.807, 2.05) is 56.3 Å². The number of nitrogens with zero attached hydrogens (tertiary/aromatic N) is 1. The van der Waals surface area contributed by atoms with Crippen molar-refractivity contribution in [2.24, 2.45) is 5.92 Å². The lowest BCUT2D eigenvalue weighted by Gasteiger charge is -2.27. The average Bonchev–Trinajstić information content (AvgIpc) is 3.17. The molecule has 0 radical (unpaired) electrons. The Morgan fingerprint density at radius 1 is 0.909 bits per heavy atom. The number of hydrogen-bond donors (Lipinski definition) is 3. The number of ether oxygens (including phenoxy) is 4. The van der Waals surface area contributed by atoms with Gasteiger partial charge in [0.05, 0.1) is 38.4 Å². The number of hydrogen-bond acceptors (Lipinski definition) is 9. The van der Waals surface area contributed by atoms with Crippen LogP contribution in [0.25, 0.3) is 0 Å². The van der Waals surface area contributed by atoms with Crippen molar-refractivity contribution in [2.75, 3.05) is 59.3 Å². The maximum atomic E-state index is 13.6. The van der Waals surface area contributed by atoms with Crippen molar-refractivity contribution in [2.45, 2.75) is 75.8 Å². The van der Waals surface area contributed by atoms with Gasteiger partial charge in [-0.2, -0.15) is 4.31 Å². The molecule has 4 N–H and O–H groups in total. The van der Waals surface area contributed by atoms with Crippen molar-refractivity contribution in [3.63, 3.8) is 0 Å². The number of benzene rings is 3. The Hall–Kier alpha value is -4.36. The summed E-state index contributed by atoms with van der Waals surface area (Å²) in [6.07, 6.45) is 11.6. The standard InChI is InChI=1S/C43H60N4O7S/c1-33(2)32-47(55(49,50)40-20-18-37(44)19-21-40)26-23-38(29-34-11-6-5-7-12-34)46-43(48)54-27-10-24-45-25-28-53-39-16-9-15-35(30-39)13-8-14-36-17-22-41(51-3)42(31-36)52-4/h5-7,9,11-12,15,17-22,30-31,33,38-39,45H,8,10,13-14,16,23-29,32,44H2,1-4H3,(H,46,48)/t38-,39?/m1/s1. The van der Waals surface area contributed by atoms with Gasteiger partial charge in [-0.1, -0.05) is 68.5 Å². The fourth-order valence-electron chi connectivity index (χ4n) is 6.44. The minimum Gasteiger partial charge on any atom is -0.493 e. The maximum Gasteiger partial charge on any atom is 0.407 e. The van der Waals surface area contributed by atoms with E-state index in [2.05, 4.69) is 34.9 Å². The minimum atomic E-state index is -3.76. The monoisotopic (exact) mass is 776 g/mol. The highest BCUT2D eigenvalue weighted by molar-refractivity contribution is 7.89. The van der Waals surface area contributed by atoms with Crippen molar-refractivity contribution in [1.29, 1.82) is 0 Å². The fraction of sp³-hybridized carbons (Fsp3) is 0.465. The Morgan fingerprint density at radius 2 is 1.67 bits per heavy atom. The molecule has 3 aromatic rings. The van der Waals surface area contributed by atoms with Crippen molar-refractivity contribution in [3.05, 3.63) is 108 Å². The van der Waals surface area contributed by atoms with Crippen LogP contribution in [-0.4, -0.2) is 84.6 Å². The lowest BCUT2D eigenvalue weighted by Crippen LogP contribution is -2.42. The zero-order valence-electron chi connectivity index (χ0n) is 32.9. The first-order chi connectivity index (χ1) is 26.6. The number of allylic oxidation sites excluding steroid dienone is 2. The van der Waals surface area contributed by atoms with E-state index in [0.717, 1.165) is 42.7 Å². The summed E-state index contributed by atoms with van der Waals surface area (Å²) in [4.78, 5) is 13.1. The molecule has 55 heavy (non-hydrogen) atoms. The number of nitrogens with two attached hydrogens (primary N) is 1. The first kappa shape index (κ1) is 43.4. The number of methoxy groups -OCH3 is 2. The molecule has 0 aliphatic heterocycles. The Bertz CT molecular complexity index is 1770. The van der Waals surface area contributed by atoms with Gasteiger partial charge < -0.3 is 35.3 Å². The molecule has 3 aromatic carbocycles. The molecule has 1 unspecified atom stereocenters. The summed E-state index contributed by atoms with van der Waals surface area (Å²) >= 11 is 0. The molecule has 0 bridgehead atoms. The van der Waals surface area contributed by atoms with Gasteiger partial charge in [0, 0.05) is 31.4 Å². The first-order valence-electron chi connectivity index (χ1n) is 19.3. The molecule has 1 aliphatic rings. The molecular formula is C43H60N4O7S. The zero-order valence-corrected chi connectivity index (χ0v) is 33.7. The quantitative estimate of drug-likeness (QED) is 0.0652. The zero-order chi connectivity index (χ0) is 39.5. The van der Waals surface area contributed by atoms with Crippen molar-refractivity contribution in [1.82, 2.24) is 14.9 Å². The Kier molecular flexibility index (Phi) is 18.0. The molecule has 11 nitrogen and oxygen atoms in total. The molecule has 1 aliphatic carbocycles. The van der Waals surface area contributed by atoms with Gasteiger partial charge in [-0.05, 0) is 111 Å². The van der Waals surface area contributed by atoms with Gasteiger partial charge in [0.1, 0.15) is 0 Å². The molecule has 1 amide bonds. The van der Waals surface area contributed by atoms with Gasteiger partial charge in [-0.15, -0.1) is 0 Å². The normalized spacial score (nSPS) is 14.8. The van der Waals surface area contributed by atoms with Crippen LogP contribution in [0, 0.1) is 5.92 Å². The third-order valence-corrected chi connectivity index (χ3v) is 11.2. The second-order valence-corrected chi connectivity index (χ2v) is 16.2. The van der Waals surface area contributed by atoms with Crippen LogP contribution in [0.2, 0.25) is 0 Å². The lowest BCUT2D eigenvalue weighted by atomic mass is 9.98.